The number of hydrogen-bond donors (Lipinski definition) is 1. The van der Waals surface area contributed by atoms with E-state index in [1.807, 2.05) is 19.2 Å². The molecule has 1 aliphatic rings. The summed E-state index contributed by atoms with van der Waals surface area (Å²) in [6.07, 6.45) is 14.7. The van der Waals surface area contributed by atoms with Crippen molar-refractivity contribution in [2.45, 2.75) is 33.6 Å². The van der Waals surface area contributed by atoms with Crippen LogP contribution in [0.2, 0.25) is 0 Å². The average Bonchev–Trinajstić information content (AvgIpc) is 2.79. The standard InChI is InChI=1S/C16H23N/c1-5-8-13(3)12-14(4)15(9-6-2)16-10-7-11-17-16/h5-8,11-12,14,17H,2,9-10H2,1,3-4H3/b8-5-,13-12-,16-15-. The fraction of sp³-hybridized carbons (Fsp3) is 0.375. The van der Waals surface area contributed by atoms with Gasteiger partial charge in [-0.2, -0.15) is 0 Å². The van der Waals surface area contributed by atoms with Gasteiger partial charge in [-0.25, -0.2) is 0 Å². The third-order valence-electron chi connectivity index (χ3n) is 2.94. The van der Waals surface area contributed by atoms with Crippen molar-refractivity contribution >= 4 is 0 Å². The number of rotatable bonds is 5. The molecule has 17 heavy (non-hydrogen) atoms. The van der Waals surface area contributed by atoms with Gasteiger partial charge in [0, 0.05) is 12.1 Å². The van der Waals surface area contributed by atoms with Crippen molar-refractivity contribution in [2.75, 3.05) is 0 Å². The van der Waals surface area contributed by atoms with Crippen molar-refractivity contribution in [3.63, 3.8) is 0 Å². The molecule has 1 aliphatic heterocycles. The van der Waals surface area contributed by atoms with Gasteiger partial charge in [-0.15, -0.1) is 6.58 Å². The first-order valence-corrected chi connectivity index (χ1v) is 6.24. The molecule has 1 rings (SSSR count). The van der Waals surface area contributed by atoms with E-state index in [1.54, 1.807) is 0 Å². The maximum atomic E-state index is 3.85. The molecule has 0 bridgehead atoms. The highest BCUT2D eigenvalue weighted by Crippen LogP contribution is 2.24. The fourth-order valence-electron chi connectivity index (χ4n) is 2.17. The largest absolute Gasteiger partial charge is 0.365 e. The third kappa shape index (κ3) is 4.10. The van der Waals surface area contributed by atoms with E-state index in [0.717, 1.165) is 12.8 Å². The summed E-state index contributed by atoms with van der Waals surface area (Å²) in [5.41, 5.74) is 4.09. The van der Waals surface area contributed by atoms with E-state index in [4.69, 9.17) is 0 Å². The Hall–Kier alpha value is -1.50. The molecule has 0 spiro atoms. The van der Waals surface area contributed by atoms with E-state index in [0.29, 0.717) is 5.92 Å². The molecule has 1 heteroatoms. The van der Waals surface area contributed by atoms with Gasteiger partial charge >= 0.3 is 0 Å². The van der Waals surface area contributed by atoms with Crippen LogP contribution in [0.1, 0.15) is 33.6 Å². The lowest BCUT2D eigenvalue weighted by Gasteiger charge is -2.15. The Morgan fingerprint density at radius 3 is 2.88 bits per heavy atom. The Labute approximate surface area is 105 Å². The maximum Gasteiger partial charge on any atom is 0.0186 e. The highest BCUT2D eigenvalue weighted by Gasteiger charge is 2.12. The van der Waals surface area contributed by atoms with E-state index >= 15 is 0 Å². The molecule has 0 aromatic rings. The van der Waals surface area contributed by atoms with E-state index in [1.165, 1.54) is 16.8 Å². The van der Waals surface area contributed by atoms with E-state index in [2.05, 4.69) is 50.0 Å². The van der Waals surface area contributed by atoms with Gasteiger partial charge in [0.15, 0.2) is 0 Å². The number of hydrogen-bond acceptors (Lipinski definition) is 1. The van der Waals surface area contributed by atoms with Gasteiger partial charge < -0.3 is 5.32 Å². The SMILES string of the molecule is C=CC/C(=C1\CC=CN1)C(C)/C=C(C)\C=C/C. The van der Waals surface area contributed by atoms with Crippen LogP contribution >= 0.6 is 0 Å². The monoisotopic (exact) mass is 229 g/mol. The Morgan fingerprint density at radius 1 is 1.59 bits per heavy atom. The molecule has 1 atom stereocenters. The summed E-state index contributed by atoms with van der Waals surface area (Å²) in [4.78, 5) is 0. The van der Waals surface area contributed by atoms with Crippen molar-refractivity contribution in [2.24, 2.45) is 5.92 Å². The summed E-state index contributed by atoms with van der Waals surface area (Å²) in [5, 5.41) is 3.33. The van der Waals surface area contributed by atoms with Gasteiger partial charge in [0.2, 0.25) is 0 Å². The summed E-state index contributed by atoms with van der Waals surface area (Å²) in [5.74, 6) is 0.451. The summed E-state index contributed by atoms with van der Waals surface area (Å²) in [6.45, 7) is 10.3. The van der Waals surface area contributed by atoms with Gasteiger partial charge in [-0.1, -0.05) is 42.9 Å². The first-order chi connectivity index (χ1) is 8.19. The van der Waals surface area contributed by atoms with Crippen molar-refractivity contribution in [3.05, 3.63) is 60.0 Å². The minimum Gasteiger partial charge on any atom is -0.365 e. The summed E-state index contributed by atoms with van der Waals surface area (Å²) >= 11 is 0. The van der Waals surface area contributed by atoms with Crippen molar-refractivity contribution < 1.29 is 0 Å². The molecule has 0 fully saturated rings. The van der Waals surface area contributed by atoms with Crippen molar-refractivity contribution in [1.82, 2.24) is 5.32 Å². The average molecular weight is 229 g/mol. The first-order valence-electron chi connectivity index (χ1n) is 6.24. The molecule has 0 radical (unpaired) electrons. The van der Waals surface area contributed by atoms with Crippen LogP contribution in [-0.4, -0.2) is 0 Å². The first kappa shape index (κ1) is 13.6. The molecule has 1 nitrogen and oxygen atoms in total. The zero-order valence-corrected chi connectivity index (χ0v) is 11.2. The van der Waals surface area contributed by atoms with Gasteiger partial charge in [-0.05, 0) is 38.0 Å². The minimum atomic E-state index is 0.451. The maximum absolute atomic E-state index is 3.85. The second-order valence-corrected chi connectivity index (χ2v) is 4.45. The predicted molar refractivity (Wildman–Crippen MR) is 76.5 cm³/mol. The number of nitrogens with one attached hydrogen (secondary N) is 1. The molecular weight excluding hydrogens is 206 g/mol. The molecule has 0 saturated heterocycles. The zero-order valence-electron chi connectivity index (χ0n) is 11.2. The summed E-state index contributed by atoms with van der Waals surface area (Å²) in [7, 11) is 0. The molecule has 1 unspecified atom stereocenters. The van der Waals surface area contributed by atoms with Crippen LogP contribution in [0.25, 0.3) is 0 Å². The van der Waals surface area contributed by atoms with E-state index < -0.39 is 0 Å². The highest BCUT2D eigenvalue weighted by molar-refractivity contribution is 5.29. The van der Waals surface area contributed by atoms with Crippen LogP contribution in [0.3, 0.4) is 0 Å². The topological polar surface area (TPSA) is 12.0 Å². The lowest BCUT2D eigenvalue weighted by molar-refractivity contribution is 0.786. The van der Waals surface area contributed by atoms with Crippen LogP contribution in [0.5, 0.6) is 0 Å². The third-order valence-corrected chi connectivity index (χ3v) is 2.94. The van der Waals surface area contributed by atoms with Crippen molar-refractivity contribution in [1.29, 1.82) is 0 Å². The van der Waals surface area contributed by atoms with Crippen LogP contribution in [0.15, 0.2) is 60.0 Å². The Kier molecular flexibility index (Phi) is 5.55. The molecule has 92 valence electrons. The summed E-state index contributed by atoms with van der Waals surface area (Å²) in [6, 6.07) is 0. The molecule has 0 amide bonds. The lowest BCUT2D eigenvalue weighted by Crippen LogP contribution is -2.08. The fourth-order valence-corrected chi connectivity index (χ4v) is 2.17. The van der Waals surface area contributed by atoms with Crippen LogP contribution in [0, 0.1) is 5.92 Å². The normalized spacial score (nSPS) is 20.5. The van der Waals surface area contributed by atoms with Crippen LogP contribution in [0.4, 0.5) is 0 Å². The molecular formula is C16H23N. The molecule has 0 aromatic heterocycles. The Bertz CT molecular complexity index is 370. The second-order valence-electron chi connectivity index (χ2n) is 4.45. The zero-order chi connectivity index (χ0) is 12.7. The lowest BCUT2D eigenvalue weighted by atomic mass is 9.93. The van der Waals surface area contributed by atoms with Gasteiger partial charge in [0.1, 0.15) is 0 Å². The van der Waals surface area contributed by atoms with Crippen LogP contribution in [-0.2, 0) is 0 Å². The van der Waals surface area contributed by atoms with Gasteiger partial charge in [0.05, 0.1) is 0 Å². The minimum absolute atomic E-state index is 0.451. The Balaban J connectivity index is 2.88. The van der Waals surface area contributed by atoms with Crippen molar-refractivity contribution in [3.8, 4) is 0 Å². The second kappa shape index (κ2) is 6.95. The summed E-state index contributed by atoms with van der Waals surface area (Å²) < 4.78 is 0. The molecule has 0 aromatic carbocycles. The highest BCUT2D eigenvalue weighted by atomic mass is 14.9. The molecule has 1 N–H and O–H groups in total. The van der Waals surface area contributed by atoms with E-state index in [9.17, 15) is 0 Å². The Morgan fingerprint density at radius 2 is 2.35 bits per heavy atom. The smallest absolute Gasteiger partial charge is 0.0186 e. The van der Waals surface area contributed by atoms with Gasteiger partial charge in [-0.3, -0.25) is 0 Å². The van der Waals surface area contributed by atoms with Crippen LogP contribution < -0.4 is 5.32 Å². The predicted octanol–water partition coefficient (Wildman–Crippen LogP) is 4.48. The number of allylic oxidation sites excluding steroid dienone is 7. The quantitative estimate of drug-likeness (QED) is 0.541. The molecule has 1 heterocycles. The van der Waals surface area contributed by atoms with Gasteiger partial charge in [0.25, 0.3) is 0 Å². The molecule has 0 saturated carbocycles. The molecule has 0 aliphatic carbocycles. The van der Waals surface area contributed by atoms with E-state index in [-0.39, 0.29) is 0 Å².